The van der Waals surface area contributed by atoms with Gasteiger partial charge in [-0.3, -0.25) is 4.98 Å². The first-order chi connectivity index (χ1) is 13.9. The summed E-state index contributed by atoms with van der Waals surface area (Å²) in [6, 6.07) is 14.8. The lowest BCUT2D eigenvalue weighted by Gasteiger charge is -2.28. The van der Waals surface area contributed by atoms with Crippen molar-refractivity contribution in [2.75, 3.05) is 4.90 Å². The highest BCUT2D eigenvalue weighted by molar-refractivity contribution is 7.80. The molecule has 1 N–H and O–H groups in total. The molecular formula is C23H25FN4S. The third kappa shape index (κ3) is 3.31. The first-order valence-electron chi connectivity index (χ1n) is 9.83. The fourth-order valence-electron chi connectivity index (χ4n) is 4.47. The molecule has 3 aromatic rings. The maximum Gasteiger partial charge on any atom is 0.174 e. The predicted molar refractivity (Wildman–Crippen MR) is 119 cm³/mol. The highest BCUT2D eigenvalue weighted by atomic mass is 32.1. The minimum absolute atomic E-state index is 0.176. The third-order valence-corrected chi connectivity index (χ3v) is 5.88. The van der Waals surface area contributed by atoms with Crippen LogP contribution in [0.3, 0.4) is 0 Å². The van der Waals surface area contributed by atoms with Crippen molar-refractivity contribution in [1.82, 2.24) is 14.9 Å². The van der Waals surface area contributed by atoms with E-state index >= 15 is 0 Å². The number of anilines is 1. The molecule has 1 aromatic carbocycles. The highest BCUT2D eigenvalue weighted by Gasteiger charge is 2.43. The molecule has 1 aliphatic heterocycles. The Bertz CT molecular complexity index is 1040. The summed E-state index contributed by atoms with van der Waals surface area (Å²) in [7, 11) is 0. The number of para-hydroxylation sites is 1. The summed E-state index contributed by atoms with van der Waals surface area (Å²) < 4.78 is 17.1. The van der Waals surface area contributed by atoms with Crippen molar-refractivity contribution in [1.29, 1.82) is 0 Å². The quantitative estimate of drug-likeness (QED) is 0.586. The van der Waals surface area contributed by atoms with Gasteiger partial charge in [0.1, 0.15) is 5.82 Å². The fraction of sp³-hybridized carbons (Fsp3) is 0.304. The van der Waals surface area contributed by atoms with Gasteiger partial charge >= 0.3 is 0 Å². The molecule has 4 rings (SSSR count). The molecule has 0 unspecified atom stereocenters. The van der Waals surface area contributed by atoms with Crippen LogP contribution in [0.2, 0.25) is 0 Å². The van der Waals surface area contributed by atoms with Crippen molar-refractivity contribution >= 4 is 23.0 Å². The molecule has 0 bridgehead atoms. The van der Waals surface area contributed by atoms with Crippen LogP contribution in [0.1, 0.15) is 54.6 Å². The van der Waals surface area contributed by atoms with Crippen LogP contribution in [0.25, 0.3) is 0 Å². The van der Waals surface area contributed by atoms with Gasteiger partial charge in [0, 0.05) is 23.6 Å². The van der Waals surface area contributed by atoms with E-state index in [1.165, 1.54) is 11.8 Å². The Morgan fingerprint density at radius 1 is 1.10 bits per heavy atom. The first kappa shape index (κ1) is 19.6. The Hall–Kier alpha value is -2.73. The average molecular weight is 409 g/mol. The minimum atomic E-state index is -0.291. The Balaban J connectivity index is 1.92. The Morgan fingerprint density at radius 3 is 2.45 bits per heavy atom. The third-order valence-electron chi connectivity index (χ3n) is 5.57. The Kier molecular flexibility index (Phi) is 5.13. The van der Waals surface area contributed by atoms with Crippen LogP contribution < -0.4 is 10.2 Å². The van der Waals surface area contributed by atoms with Crippen molar-refractivity contribution < 1.29 is 4.39 Å². The summed E-state index contributed by atoms with van der Waals surface area (Å²) in [6.45, 7) is 8.58. The number of aryl methyl sites for hydroxylation is 1. The maximum atomic E-state index is 14.8. The van der Waals surface area contributed by atoms with Gasteiger partial charge in [-0.15, -0.1) is 0 Å². The minimum Gasteiger partial charge on any atom is -0.351 e. The standard InChI is InChI=1S/C23H25FN4S/c1-14(2)27-15(3)13-17(16(27)4)22-21(19-10-7-8-12-25-19)26-23(29)28(22)20-11-6-5-9-18(20)24/h5-14,21-22H,1-4H3,(H,26,29)/t21-,22+/m1/s1. The molecule has 29 heavy (non-hydrogen) atoms. The monoisotopic (exact) mass is 408 g/mol. The van der Waals surface area contributed by atoms with Crippen molar-refractivity contribution in [2.24, 2.45) is 0 Å². The van der Waals surface area contributed by atoms with Crippen molar-refractivity contribution in [3.8, 4) is 0 Å². The van der Waals surface area contributed by atoms with Gasteiger partial charge in [-0.2, -0.15) is 0 Å². The van der Waals surface area contributed by atoms with Gasteiger partial charge in [-0.1, -0.05) is 18.2 Å². The number of pyridine rings is 1. The van der Waals surface area contributed by atoms with Crippen LogP contribution in [0.15, 0.2) is 54.7 Å². The molecule has 6 heteroatoms. The van der Waals surface area contributed by atoms with Gasteiger partial charge in [-0.25, -0.2) is 4.39 Å². The van der Waals surface area contributed by atoms with E-state index in [-0.39, 0.29) is 17.9 Å². The molecule has 1 fully saturated rings. The van der Waals surface area contributed by atoms with Crippen LogP contribution in [-0.4, -0.2) is 14.7 Å². The van der Waals surface area contributed by atoms with Gasteiger partial charge in [-0.05, 0) is 75.8 Å². The van der Waals surface area contributed by atoms with Gasteiger partial charge < -0.3 is 14.8 Å². The van der Waals surface area contributed by atoms with Crippen LogP contribution >= 0.6 is 12.2 Å². The van der Waals surface area contributed by atoms with Gasteiger partial charge in [0.15, 0.2) is 5.11 Å². The molecule has 150 valence electrons. The zero-order chi connectivity index (χ0) is 20.7. The van der Waals surface area contributed by atoms with Crippen LogP contribution in [0, 0.1) is 19.7 Å². The van der Waals surface area contributed by atoms with E-state index in [2.05, 4.69) is 48.6 Å². The summed E-state index contributed by atoms with van der Waals surface area (Å²) in [4.78, 5) is 6.47. The molecule has 1 aliphatic rings. The first-order valence-corrected chi connectivity index (χ1v) is 10.2. The number of aromatic nitrogens is 2. The molecule has 0 radical (unpaired) electrons. The van der Waals surface area contributed by atoms with E-state index in [0.29, 0.717) is 16.8 Å². The van der Waals surface area contributed by atoms with Gasteiger partial charge in [0.2, 0.25) is 0 Å². The van der Waals surface area contributed by atoms with Crippen LogP contribution in [0.5, 0.6) is 0 Å². The number of hydrogen-bond acceptors (Lipinski definition) is 2. The second-order valence-electron chi connectivity index (χ2n) is 7.74. The number of benzene rings is 1. The number of nitrogens with zero attached hydrogens (tertiary/aromatic N) is 3. The summed E-state index contributed by atoms with van der Waals surface area (Å²) in [5.74, 6) is -0.291. The van der Waals surface area contributed by atoms with E-state index < -0.39 is 0 Å². The molecule has 2 aromatic heterocycles. The normalized spacial score (nSPS) is 19.1. The molecule has 1 saturated heterocycles. The highest BCUT2D eigenvalue weighted by Crippen LogP contribution is 2.44. The van der Waals surface area contributed by atoms with Crippen molar-refractivity contribution in [3.05, 3.63) is 83.2 Å². The number of thiocarbonyl (C=S) groups is 1. The molecule has 3 heterocycles. The lowest BCUT2D eigenvalue weighted by atomic mass is 9.96. The van der Waals surface area contributed by atoms with Gasteiger partial charge in [0.25, 0.3) is 0 Å². The van der Waals surface area contributed by atoms with Crippen LogP contribution in [-0.2, 0) is 0 Å². The van der Waals surface area contributed by atoms with E-state index in [4.69, 9.17) is 12.2 Å². The zero-order valence-electron chi connectivity index (χ0n) is 17.1. The molecule has 0 saturated carbocycles. The maximum absolute atomic E-state index is 14.8. The second-order valence-corrected chi connectivity index (χ2v) is 8.12. The summed E-state index contributed by atoms with van der Waals surface area (Å²) in [5.41, 5.74) is 4.83. The van der Waals surface area contributed by atoms with E-state index in [1.807, 2.05) is 29.2 Å². The van der Waals surface area contributed by atoms with Crippen molar-refractivity contribution in [2.45, 2.75) is 45.8 Å². The average Bonchev–Trinajstić information content (AvgIpc) is 3.18. The lowest BCUT2D eigenvalue weighted by molar-refractivity contribution is 0.542. The topological polar surface area (TPSA) is 33.1 Å². The zero-order valence-corrected chi connectivity index (χ0v) is 17.9. The second kappa shape index (κ2) is 7.59. The van der Waals surface area contributed by atoms with E-state index in [0.717, 1.165) is 17.0 Å². The molecule has 4 nitrogen and oxygen atoms in total. The SMILES string of the molecule is Cc1cc([C@H]2[C@@H](c3ccccn3)NC(=S)N2c2ccccc2F)c(C)n1C(C)C. The molecule has 0 spiro atoms. The molecule has 0 amide bonds. The van der Waals surface area contributed by atoms with Crippen molar-refractivity contribution in [3.63, 3.8) is 0 Å². The molecule has 2 atom stereocenters. The number of rotatable bonds is 4. The summed E-state index contributed by atoms with van der Waals surface area (Å²) in [6.07, 6.45) is 1.78. The van der Waals surface area contributed by atoms with Gasteiger partial charge in [0.05, 0.1) is 23.5 Å². The summed E-state index contributed by atoms with van der Waals surface area (Å²) >= 11 is 5.68. The Labute approximate surface area is 176 Å². The predicted octanol–water partition coefficient (Wildman–Crippen LogP) is 5.40. The number of nitrogens with one attached hydrogen (secondary N) is 1. The summed E-state index contributed by atoms with van der Waals surface area (Å²) in [5, 5.41) is 3.90. The largest absolute Gasteiger partial charge is 0.351 e. The molecular weight excluding hydrogens is 383 g/mol. The number of hydrogen-bond donors (Lipinski definition) is 1. The fourth-order valence-corrected chi connectivity index (χ4v) is 4.81. The van der Waals surface area contributed by atoms with E-state index in [1.54, 1.807) is 18.3 Å². The van der Waals surface area contributed by atoms with Crippen LogP contribution in [0.4, 0.5) is 10.1 Å². The molecule has 0 aliphatic carbocycles. The van der Waals surface area contributed by atoms with E-state index in [9.17, 15) is 4.39 Å². The Morgan fingerprint density at radius 2 is 1.83 bits per heavy atom. The number of halogens is 1. The smallest absolute Gasteiger partial charge is 0.174 e. The lowest BCUT2D eigenvalue weighted by Crippen LogP contribution is -2.30.